The van der Waals surface area contributed by atoms with Gasteiger partial charge in [-0.2, -0.15) is 0 Å². The van der Waals surface area contributed by atoms with Gasteiger partial charge in [-0.05, 0) is 37.1 Å². The SMILES string of the molecule is Fc1ccc(-c2ccnc(NC3CC3)n2)cc1Cl. The fourth-order valence-electron chi connectivity index (χ4n) is 1.65. The van der Waals surface area contributed by atoms with Gasteiger partial charge >= 0.3 is 0 Å². The van der Waals surface area contributed by atoms with Crippen molar-refractivity contribution in [1.82, 2.24) is 9.97 Å². The number of benzene rings is 1. The summed E-state index contributed by atoms with van der Waals surface area (Å²) in [5, 5.41) is 3.32. The van der Waals surface area contributed by atoms with Crippen molar-refractivity contribution >= 4 is 17.5 Å². The predicted molar refractivity (Wildman–Crippen MR) is 69.1 cm³/mol. The molecule has 0 saturated heterocycles. The van der Waals surface area contributed by atoms with Gasteiger partial charge in [-0.25, -0.2) is 14.4 Å². The summed E-state index contributed by atoms with van der Waals surface area (Å²) in [4.78, 5) is 8.55. The van der Waals surface area contributed by atoms with Crippen LogP contribution in [0.3, 0.4) is 0 Å². The summed E-state index contributed by atoms with van der Waals surface area (Å²) in [6.07, 6.45) is 4.01. The molecule has 0 radical (unpaired) electrons. The molecule has 1 heterocycles. The van der Waals surface area contributed by atoms with Crippen LogP contribution in [0.2, 0.25) is 5.02 Å². The first kappa shape index (κ1) is 11.4. The summed E-state index contributed by atoms with van der Waals surface area (Å²) in [5.41, 5.74) is 1.51. The molecule has 1 fully saturated rings. The molecule has 92 valence electrons. The number of hydrogen-bond donors (Lipinski definition) is 1. The van der Waals surface area contributed by atoms with E-state index in [1.165, 1.54) is 6.07 Å². The highest BCUT2D eigenvalue weighted by atomic mass is 35.5. The van der Waals surface area contributed by atoms with E-state index in [-0.39, 0.29) is 5.02 Å². The van der Waals surface area contributed by atoms with E-state index in [9.17, 15) is 4.39 Å². The third-order valence-electron chi connectivity index (χ3n) is 2.78. The van der Waals surface area contributed by atoms with Crippen molar-refractivity contribution in [2.45, 2.75) is 18.9 Å². The lowest BCUT2D eigenvalue weighted by Crippen LogP contribution is -2.05. The van der Waals surface area contributed by atoms with Crippen molar-refractivity contribution in [2.24, 2.45) is 0 Å². The van der Waals surface area contributed by atoms with Gasteiger partial charge in [0.05, 0.1) is 10.7 Å². The Labute approximate surface area is 109 Å². The molecule has 0 aliphatic heterocycles. The number of nitrogens with one attached hydrogen (secondary N) is 1. The van der Waals surface area contributed by atoms with Crippen LogP contribution in [0.15, 0.2) is 30.5 Å². The summed E-state index contributed by atoms with van der Waals surface area (Å²) in [6, 6.07) is 6.84. The van der Waals surface area contributed by atoms with E-state index in [4.69, 9.17) is 11.6 Å². The normalized spacial score (nSPS) is 14.6. The third kappa shape index (κ3) is 2.43. The highest BCUT2D eigenvalue weighted by Crippen LogP contribution is 2.26. The molecule has 1 saturated carbocycles. The van der Waals surface area contributed by atoms with Gasteiger partial charge in [-0.3, -0.25) is 0 Å². The molecule has 2 aromatic rings. The van der Waals surface area contributed by atoms with Crippen molar-refractivity contribution in [3.8, 4) is 11.3 Å². The second kappa shape index (κ2) is 4.53. The molecule has 1 aromatic heterocycles. The molecule has 3 rings (SSSR count). The van der Waals surface area contributed by atoms with Crippen LogP contribution in [0.5, 0.6) is 0 Å². The zero-order valence-electron chi connectivity index (χ0n) is 9.53. The molecule has 1 aliphatic rings. The fourth-order valence-corrected chi connectivity index (χ4v) is 1.84. The minimum Gasteiger partial charge on any atom is -0.351 e. The summed E-state index contributed by atoms with van der Waals surface area (Å²) in [6.45, 7) is 0. The molecule has 0 unspecified atom stereocenters. The third-order valence-corrected chi connectivity index (χ3v) is 3.07. The van der Waals surface area contributed by atoms with Gasteiger partial charge < -0.3 is 5.32 Å². The molecule has 1 aromatic carbocycles. The maximum Gasteiger partial charge on any atom is 0.223 e. The minimum atomic E-state index is -0.425. The number of aromatic nitrogens is 2. The first-order valence-electron chi connectivity index (χ1n) is 5.77. The summed E-state index contributed by atoms with van der Waals surface area (Å²) in [7, 11) is 0. The van der Waals surface area contributed by atoms with Crippen LogP contribution in [-0.4, -0.2) is 16.0 Å². The first-order chi connectivity index (χ1) is 8.72. The Kier molecular flexibility index (Phi) is 2.88. The van der Waals surface area contributed by atoms with Crippen molar-refractivity contribution in [3.63, 3.8) is 0 Å². The zero-order chi connectivity index (χ0) is 12.5. The minimum absolute atomic E-state index is 0.0998. The van der Waals surface area contributed by atoms with Crippen LogP contribution in [0.4, 0.5) is 10.3 Å². The van der Waals surface area contributed by atoms with Gasteiger partial charge in [-0.1, -0.05) is 11.6 Å². The second-order valence-electron chi connectivity index (χ2n) is 4.31. The topological polar surface area (TPSA) is 37.8 Å². The lowest BCUT2D eigenvalue weighted by Gasteiger charge is -2.05. The largest absolute Gasteiger partial charge is 0.351 e. The molecule has 5 heteroatoms. The standard InChI is InChI=1S/C13H11ClFN3/c14-10-7-8(1-4-11(10)15)12-5-6-16-13(18-12)17-9-2-3-9/h1,4-7,9H,2-3H2,(H,16,17,18). The molecule has 3 nitrogen and oxygen atoms in total. The van der Waals surface area contributed by atoms with Crippen LogP contribution in [0.1, 0.15) is 12.8 Å². The molecular formula is C13H11ClFN3. The highest BCUT2D eigenvalue weighted by molar-refractivity contribution is 6.31. The summed E-state index contributed by atoms with van der Waals surface area (Å²) >= 11 is 5.76. The van der Waals surface area contributed by atoms with Crippen molar-refractivity contribution in [3.05, 3.63) is 41.3 Å². The number of anilines is 1. The zero-order valence-corrected chi connectivity index (χ0v) is 10.3. The first-order valence-corrected chi connectivity index (χ1v) is 6.15. The average Bonchev–Trinajstić information content (AvgIpc) is 3.17. The van der Waals surface area contributed by atoms with Crippen LogP contribution in [0, 0.1) is 5.82 Å². The van der Waals surface area contributed by atoms with E-state index < -0.39 is 5.82 Å². The molecule has 0 amide bonds. The lowest BCUT2D eigenvalue weighted by molar-refractivity contribution is 0.628. The van der Waals surface area contributed by atoms with Gasteiger partial charge in [0.1, 0.15) is 5.82 Å². The number of nitrogens with zero attached hydrogens (tertiary/aromatic N) is 2. The quantitative estimate of drug-likeness (QED) is 0.921. The summed E-state index contributed by atoms with van der Waals surface area (Å²) < 4.78 is 13.1. The monoisotopic (exact) mass is 263 g/mol. The smallest absolute Gasteiger partial charge is 0.223 e. The average molecular weight is 264 g/mol. The van der Waals surface area contributed by atoms with Gasteiger partial charge in [0.15, 0.2) is 0 Å². The Morgan fingerprint density at radius 1 is 1.28 bits per heavy atom. The molecule has 1 aliphatic carbocycles. The van der Waals surface area contributed by atoms with Crippen LogP contribution in [-0.2, 0) is 0 Å². The Bertz CT molecular complexity index is 584. The van der Waals surface area contributed by atoms with Gasteiger partial charge in [0.25, 0.3) is 0 Å². The molecule has 18 heavy (non-hydrogen) atoms. The summed E-state index contributed by atoms with van der Waals surface area (Å²) in [5.74, 6) is 0.182. The molecule has 0 atom stereocenters. The maximum absolute atomic E-state index is 13.1. The van der Waals surface area contributed by atoms with E-state index >= 15 is 0 Å². The molecule has 1 N–H and O–H groups in total. The lowest BCUT2D eigenvalue weighted by atomic mass is 10.1. The fraction of sp³-hybridized carbons (Fsp3) is 0.231. The second-order valence-corrected chi connectivity index (χ2v) is 4.72. The van der Waals surface area contributed by atoms with E-state index in [1.54, 1.807) is 24.4 Å². The Balaban J connectivity index is 1.92. The predicted octanol–water partition coefficient (Wildman–Crippen LogP) is 3.51. The Hall–Kier alpha value is -1.68. The maximum atomic E-state index is 13.1. The highest BCUT2D eigenvalue weighted by Gasteiger charge is 2.21. The van der Waals surface area contributed by atoms with E-state index in [1.807, 2.05) is 0 Å². The van der Waals surface area contributed by atoms with Crippen molar-refractivity contribution in [2.75, 3.05) is 5.32 Å². The molecule has 0 bridgehead atoms. The number of halogens is 2. The van der Waals surface area contributed by atoms with E-state index in [0.29, 0.717) is 12.0 Å². The number of hydrogen-bond acceptors (Lipinski definition) is 3. The van der Waals surface area contributed by atoms with Crippen molar-refractivity contribution < 1.29 is 4.39 Å². The number of rotatable bonds is 3. The molecular weight excluding hydrogens is 253 g/mol. The van der Waals surface area contributed by atoms with Gasteiger partial charge in [-0.15, -0.1) is 0 Å². The van der Waals surface area contributed by atoms with E-state index in [0.717, 1.165) is 24.1 Å². The van der Waals surface area contributed by atoms with E-state index in [2.05, 4.69) is 15.3 Å². The van der Waals surface area contributed by atoms with Crippen LogP contribution in [0.25, 0.3) is 11.3 Å². The van der Waals surface area contributed by atoms with Crippen LogP contribution >= 0.6 is 11.6 Å². The van der Waals surface area contributed by atoms with Gasteiger partial charge in [0, 0.05) is 17.8 Å². The van der Waals surface area contributed by atoms with Crippen molar-refractivity contribution in [1.29, 1.82) is 0 Å². The van der Waals surface area contributed by atoms with Crippen LogP contribution < -0.4 is 5.32 Å². The Morgan fingerprint density at radius 3 is 2.83 bits per heavy atom. The Morgan fingerprint density at radius 2 is 2.11 bits per heavy atom. The molecule has 0 spiro atoms. The van der Waals surface area contributed by atoms with Gasteiger partial charge in [0.2, 0.25) is 5.95 Å².